The number of hydrogen-bond acceptors (Lipinski definition) is 3. The minimum Gasteiger partial charge on any atom is -0.326 e. The SMILES string of the molecule is CCc1ccccc1NC(=O)C1CCN(S(=O)(=O)Cc2ccc(Br)cc2)CC1. The number of piperidine rings is 1. The molecule has 1 saturated heterocycles. The van der Waals surface area contributed by atoms with Crippen molar-refractivity contribution in [3.8, 4) is 0 Å². The summed E-state index contributed by atoms with van der Waals surface area (Å²) in [6.45, 7) is 2.82. The standard InChI is InChI=1S/C21H25BrN2O3S/c1-2-17-5-3-4-6-20(17)23-21(25)18-11-13-24(14-12-18)28(26,27)15-16-7-9-19(22)10-8-16/h3-10,18H,2,11-15H2,1H3,(H,23,25). The van der Waals surface area contributed by atoms with Crippen molar-refractivity contribution >= 4 is 37.5 Å². The van der Waals surface area contributed by atoms with Gasteiger partial charge < -0.3 is 5.32 Å². The second-order valence-electron chi connectivity index (χ2n) is 7.06. The largest absolute Gasteiger partial charge is 0.326 e. The number of nitrogens with zero attached hydrogens (tertiary/aromatic N) is 1. The highest BCUT2D eigenvalue weighted by Crippen LogP contribution is 2.24. The van der Waals surface area contributed by atoms with Gasteiger partial charge in [0.05, 0.1) is 5.75 Å². The minimum absolute atomic E-state index is 0.0129. The van der Waals surface area contributed by atoms with E-state index in [0.29, 0.717) is 25.9 Å². The van der Waals surface area contributed by atoms with Gasteiger partial charge in [0.2, 0.25) is 15.9 Å². The summed E-state index contributed by atoms with van der Waals surface area (Å²) in [5.74, 6) is -0.198. The smallest absolute Gasteiger partial charge is 0.227 e. The van der Waals surface area contributed by atoms with Gasteiger partial charge in [-0.25, -0.2) is 12.7 Å². The molecular weight excluding hydrogens is 440 g/mol. The average Bonchev–Trinajstić information content (AvgIpc) is 2.70. The molecule has 1 aliphatic heterocycles. The number of amides is 1. The predicted molar refractivity (Wildman–Crippen MR) is 116 cm³/mol. The summed E-state index contributed by atoms with van der Waals surface area (Å²) in [7, 11) is -3.38. The highest BCUT2D eigenvalue weighted by atomic mass is 79.9. The fourth-order valence-corrected chi connectivity index (χ4v) is 5.29. The number of anilines is 1. The number of benzene rings is 2. The van der Waals surface area contributed by atoms with Crippen LogP contribution in [-0.4, -0.2) is 31.7 Å². The Labute approximate surface area is 175 Å². The number of halogens is 1. The van der Waals surface area contributed by atoms with Crippen LogP contribution in [0.4, 0.5) is 5.69 Å². The molecule has 1 fully saturated rings. The van der Waals surface area contributed by atoms with Crippen LogP contribution in [0, 0.1) is 5.92 Å². The van der Waals surface area contributed by atoms with Crippen molar-refractivity contribution in [2.24, 2.45) is 5.92 Å². The monoisotopic (exact) mass is 464 g/mol. The van der Waals surface area contributed by atoms with E-state index in [0.717, 1.165) is 27.7 Å². The topological polar surface area (TPSA) is 66.5 Å². The minimum atomic E-state index is -3.38. The first-order valence-corrected chi connectivity index (χ1v) is 11.9. The second-order valence-corrected chi connectivity index (χ2v) is 9.94. The van der Waals surface area contributed by atoms with Crippen LogP contribution < -0.4 is 5.32 Å². The molecule has 1 aliphatic rings. The lowest BCUT2D eigenvalue weighted by Crippen LogP contribution is -2.41. The maximum absolute atomic E-state index is 12.7. The van der Waals surface area contributed by atoms with E-state index in [4.69, 9.17) is 0 Å². The van der Waals surface area contributed by atoms with E-state index < -0.39 is 10.0 Å². The van der Waals surface area contributed by atoms with E-state index in [2.05, 4.69) is 28.2 Å². The Bertz CT molecular complexity index is 921. The van der Waals surface area contributed by atoms with Gasteiger partial charge in [-0.15, -0.1) is 0 Å². The molecule has 2 aromatic carbocycles. The number of sulfonamides is 1. The molecule has 0 aliphatic carbocycles. The first kappa shape index (κ1) is 21.0. The molecule has 0 radical (unpaired) electrons. The van der Waals surface area contributed by atoms with Gasteiger partial charge in [-0.05, 0) is 48.6 Å². The molecule has 3 rings (SSSR count). The van der Waals surface area contributed by atoms with E-state index in [1.165, 1.54) is 4.31 Å². The van der Waals surface area contributed by atoms with Gasteiger partial charge >= 0.3 is 0 Å². The molecule has 28 heavy (non-hydrogen) atoms. The van der Waals surface area contributed by atoms with E-state index in [1.54, 1.807) is 0 Å². The highest BCUT2D eigenvalue weighted by Gasteiger charge is 2.31. The zero-order valence-electron chi connectivity index (χ0n) is 15.9. The molecule has 0 atom stereocenters. The third-order valence-electron chi connectivity index (χ3n) is 5.14. The van der Waals surface area contributed by atoms with Gasteiger partial charge in [-0.1, -0.05) is 53.2 Å². The van der Waals surface area contributed by atoms with Crippen LogP contribution in [0.15, 0.2) is 53.0 Å². The summed E-state index contributed by atoms with van der Waals surface area (Å²) >= 11 is 3.36. The summed E-state index contributed by atoms with van der Waals surface area (Å²) in [6.07, 6.45) is 1.93. The lowest BCUT2D eigenvalue weighted by atomic mass is 9.97. The Kier molecular flexibility index (Phi) is 6.91. The molecule has 1 N–H and O–H groups in total. The second kappa shape index (κ2) is 9.20. The molecule has 0 spiro atoms. The fraction of sp³-hybridized carbons (Fsp3) is 0.381. The number of rotatable bonds is 6. The van der Waals surface area contributed by atoms with Crippen LogP contribution in [0.3, 0.4) is 0 Å². The fourth-order valence-electron chi connectivity index (χ4n) is 3.46. The molecule has 150 valence electrons. The van der Waals surface area contributed by atoms with E-state index in [9.17, 15) is 13.2 Å². The number of carbonyl (C=O) groups is 1. The third kappa shape index (κ3) is 5.21. The normalized spacial score (nSPS) is 16.1. The summed E-state index contributed by atoms with van der Waals surface area (Å²) in [4.78, 5) is 12.6. The number of nitrogens with one attached hydrogen (secondary N) is 1. The maximum Gasteiger partial charge on any atom is 0.227 e. The van der Waals surface area contributed by atoms with Gasteiger partial charge in [0.25, 0.3) is 0 Å². The van der Waals surface area contributed by atoms with Crippen LogP contribution >= 0.6 is 15.9 Å². The van der Waals surface area contributed by atoms with Crippen molar-refractivity contribution in [3.63, 3.8) is 0 Å². The van der Waals surface area contributed by atoms with Crippen molar-refractivity contribution in [1.82, 2.24) is 4.31 Å². The van der Waals surface area contributed by atoms with Crippen LogP contribution in [0.2, 0.25) is 0 Å². The summed E-state index contributed by atoms with van der Waals surface area (Å²) in [6, 6.07) is 15.1. The first-order valence-electron chi connectivity index (χ1n) is 9.50. The predicted octanol–water partition coefficient (Wildman–Crippen LogP) is 4.19. The Morgan fingerprint density at radius 1 is 1.11 bits per heavy atom. The van der Waals surface area contributed by atoms with Crippen molar-refractivity contribution in [1.29, 1.82) is 0 Å². The van der Waals surface area contributed by atoms with Gasteiger partial charge in [-0.3, -0.25) is 4.79 Å². The van der Waals surface area contributed by atoms with Crippen molar-refractivity contribution in [3.05, 3.63) is 64.1 Å². The molecule has 0 saturated carbocycles. The number of para-hydroxylation sites is 1. The molecule has 0 bridgehead atoms. The van der Waals surface area contributed by atoms with Gasteiger partial charge in [0.15, 0.2) is 0 Å². The molecule has 0 unspecified atom stereocenters. The Balaban J connectivity index is 1.57. The van der Waals surface area contributed by atoms with Gasteiger partial charge in [0.1, 0.15) is 0 Å². The Morgan fingerprint density at radius 2 is 1.75 bits per heavy atom. The van der Waals surface area contributed by atoms with E-state index in [1.807, 2.05) is 48.5 Å². The Morgan fingerprint density at radius 3 is 2.39 bits per heavy atom. The van der Waals surface area contributed by atoms with Crippen LogP contribution in [-0.2, 0) is 27.0 Å². The van der Waals surface area contributed by atoms with Crippen molar-refractivity contribution < 1.29 is 13.2 Å². The number of hydrogen-bond donors (Lipinski definition) is 1. The molecule has 1 heterocycles. The average molecular weight is 465 g/mol. The maximum atomic E-state index is 12.7. The first-order chi connectivity index (χ1) is 13.4. The van der Waals surface area contributed by atoms with Gasteiger partial charge in [0, 0.05) is 29.2 Å². The highest BCUT2D eigenvalue weighted by molar-refractivity contribution is 9.10. The summed E-state index contributed by atoms with van der Waals surface area (Å²) < 4.78 is 27.8. The van der Waals surface area contributed by atoms with Crippen LogP contribution in [0.25, 0.3) is 0 Å². The molecule has 0 aromatic heterocycles. The third-order valence-corrected chi connectivity index (χ3v) is 7.52. The van der Waals surface area contributed by atoms with Crippen molar-refractivity contribution in [2.75, 3.05) is 18.4 Å². The number of carbonyl (C=O) groups excluding carboxylic acids is 1. The number of aryl methyl sites for hydroxylation is 1. The van der Waals surface area contributed by atoms with Crippen LogP contribution in [0.5, 0.6) is 0 Å². The van der Waals surface area contributed by atoms with E-state index >= 15 is 0 Å². The zero-order chi connectivity index (χ0) is 20.1. The molecule has 5 nitrogen and oxygen atoms in total. The lowest BCUT2D eigenvalue weighted by Gasteiger charge is -2.30. The summed E-state index contributed by atoms with van der Waals surface area (Å²) in [5.41, 5.74) is 2.71. The Hall–Kier alpha value is -1.70. The van der Waals surface area contributed by atoms with Crippen molar-refractivity contribution in [2.45, 2.75) is 31.9 Å². The van der Waals surface area contributed by atoms with Crippen LogP contribution in [0.1, 0.15) is 30.9 Å². The summed E-state index contributed by atoms with van der Waals surface area (Å²) in [5, 5.41) is 3.02. The molecule has 7 heteroatoms. The molecule has 1 amide bonds. The lowest BCUT2D eigenvalue weighted by molar-refractivity contribution is -0.120. The zero-order valence-corrected chi connectivity index (χ0v) is 18.3. The molecule has 2 aromatic rings. The van der Waals surface area contributed by atoms with E-state index in [-0.39, 0.29) is 17.6 Å². The molecular formula is C21H25BrN2O3S. The quantitative estimate of drug-likeness (QED) is 0.696. The van der Waals surface area contributed by atoms with Gasteiger partial charge in [-0.2, -0.15) is 0 Å².